The van der Waals surface area contributed by atoms with Crippen molar-refractivity contribution in [3.63, 3.8) is 0 Å². The topological polar surface area (TPSA) is 70.7 Å². The molecule has 0 saturated carbocycles. The number of urea groups is 1. The molecule has 0 bridgehead atoms. The normalized spacial score (nSPS) is 17.5. The van der Waals surface area contributed by atoms with Crippen LogP contribution in [0.2, 0.25) is 5.02 Å². The Bertz CT molecular complexity index is 1390. The Labute approximate surface area is 229 Å². The molecule has 6 nitrogen and oxygen atoms in total. The van der Waals surface area contributed by atoms with Crippen molar-refractivity contribution in [3.05, 3.63) is 96.1 Å². The molecular formula is C28H24ClN3O3S2. The summed E-state index contributed by atoms with van der Waals surface area (Å²) in [6, 6.07) is 20.2. The van der Waals surface area contributed by atoms with E-state index in [1.807, 2.05) is 65.6 Å². The summed E-state index contributed by atoms with van der Waals surface area (Å²) in [5.41, 5.74) is 2.07. The monoisotopic (exact) mass is 549 g/mol. The standard InChI is InChI=1S/C28H24ClN3O3S2/c1-35-24-14-13-18(29)15-21(24)31-27(33)17-36-20-8-6-7-19(16-20)30-28(34)32-22-9-2-4-11-25(22)37-26-12-5-3-10-23(26)32/h2-16,22,25H,17H2,1H3,(H,30,34)(H,31,33). The van der Waals surface area contributed by atoms with Gasteiger partial charge in [-0.3, -0.25) is 9.69 Å². The maximum Gasteiger partial charge on any atom is 0.326 e. The summed E-state index contributed by atoms with van der Waals surface area (Å²) in [6.45, 7) is 0. The molecule has 37 heavy (non-hydrogen) atoms. The molecular weight excluding hydrogens is 526 g/mol. The average molecular weight is 550 g/mol. The molecule has 1 heterocycles. The van der Waals surface area contributed by atoms with E-state index in [-0.39, 0.29) is 29.0 Å². The fraction of sp³-hybridized carbons (Fsp3) is 0.143. The first-order chi connectivity index (χ1) is 18.0. The lowest BCUT2D eigenvalue weighted by Crippen LogP contribution is -2.49. The molecule has 0 radical (unpaired) electrons. The highest BCUT2D eigenvalue weighted by Crippen LogP contribution is 2.43. The third-order valence-electron chi connectivity index (χ3n) is 5.85. The molecule has 1 aliphatic heterocycles. The van der Waals surface area contributed by atoms with E-state index in [0.717, 1.165) is 15.5 Å². The van der Waals surface area contributed by atoms with Gasteiger partial charge in [0.15, 0.2) is 0 Å². The van der Waals surface area contributed by atoms with Crippen LogP contribution in [0.25, 0.3) is 0 Å². The van der Waals surface area contributed by atoms with Crippen LogP contribution >= 0.6 is 35.1 Å². The van der Waals surface area contributed by atoms with Gasteiger partial charge in [0.1, 0.15) is 5.75 Å². The number of hydrogen-bond acceptors (Lipinski definition) is 5. The molecule has 2 aliphatic rings. The predicted molar refractivity (Wildman–Crippen MR) is 153 cm³/mol. The van der Waals surface area contributed by atoms with Crippen molar-refractivity contribution in [1.82, 2.24) is 0 Å². The number of nitrogens with one attached hydrogen (secondary N) is 2. The van der Waals surface area contributed by atoms with Crippen molar-refractivity contribution >= 4 is 64.1 Å². The molecule has 0 spiro atoms. The van der Waals surface area contributed by atoms with Gasteiger partial charge in [-0.2, -0.15) is 0 Å². The number of rotatable bonds is 6. The first kappa shape index (κ1) is 25.3. The van der Waals surface area contributed by atoms with Gasteiger partial charge in [0.25, 0.3) is 0 Å². The number of thioether (sulfide) groups is 2. The third kappa shape index (κ3) is 5.82. The molecule has 1 aliphatic carbocycles. The average Bonchev–Trinajstić information content (AvgIpc) is 2.91. The molecule has 3 amide bonds. The van der Waals surface area contributed by atoms with E-state index in [4.69, 9.17) is 16.3 Å². The third-order valence-corrected chi connectivity index (χ3v) is 8.39. The van der Waals surface area contributed by atoms with Gasteiger partial charge in [-0.25, -0.2) is 4.79 Å². The number of hydrogen-bond donors (Lipinski definition) is 2. The number of amides is 3. The van der Waals surface area contributed by atoms with Crippen LogP contribution in [-0.4, -0.2) is 36.1 Å². The second kappa shape index (κ2) is 11.4. The number of anilines is 3. The minimum Gasteiger partial charge on any atom is -0.495 e. The SMILES string of the molecule is COc1ccc(Cl)cc1NC(=O)CSc1cccc(NC(=O)N2c3ccccc3SC3C=CC=CC32)c1. The molecule has 2 unspecified atom stereocenters. The number of carbonyl (C=O) groups is 2. The molecule has 5 rings (SSSR count). The zero-order chi connectivity index (χ0) is 25.8. The van der Waals surface area contributed by atoms with Crippen LogP contribution in [0.15, 0.2) is 101 Å². The summed E-state index contributed by atoms with van der Waals surface area (Å²) < 4.78 is 5.29. The summed E-state index contributed by atoms with van der Waals surface area (Å²) in [5, 5.41) is 6.55. The summed E-state index contributed by atoms with van der Waals surface area (Å²) in [6.07, 6.45) is 8.20. The predicted octanol–water partition coefficient (Wildman–Crippen LogP) is 7.09. The van der Waals surface area contributed by atoms with Crippen molar-refractivity contribution in [3.8, 4) is 5.75 Å². The van der Waals surface area contributed by atoms with Crippen LogP contribution in [0.5, 0.6) is 5.75 Å². The van der Waals surface area contributed by atoms with E-state index in [1.54, 1.807) is 30.0 Å². The van der Waals surface area contributed by atoms with Crippen LogP contribution in [0.4, 0.5) is 21.9 Å². The highest BCUT2D eigenvalue weighted by molar-refractivity contribution is 8.00. The Hall–Kier alpha value is -3.33. The number of para-hydroxylation sites is 1. The number of nitrogens with zero attached hydrogens (tertiary/aromatic N) is 1. The number of ether oxygens (including phenoxy) is 1. The Balaban J connectivity index is 1.26. The Morgan fingerprint density at radius 2 is 1.86 bits per heavy atom. The zero-order valence-electron chi connectivity index (χ0n) is 19.9. The fourth-order valence-electron chi connectivity index (χ4n) is 4.19. The zero-order valence-corrected chi connectivity index (χ0v) is 22.3. The second-order valence-corrected chi connectivity index (χ2v) is 11.0. The number of fused-ring (bicyclic) bond motifs is 2. The van der Waals surface area contributed by atoms with Crippen LogP contribution in [0, 0.1) is 0 Å². The van der Waals surface area contributed by atoms with Gasteiger partial charge in [0.05, 0.1) is 35.5 Å². The molecule has 188 valence electrons. The summed E-state index contributed by atoms with van der Waals surface area (Å²) in [7, 11) is 1.54. The van der Waals surface area contributed by atoms with Gasteiger partial charge < -0.3 is 15.4 Å². The minimum absolute atomic E-state index is 0.0744. The maximum absolute atomic E-state index is 13.5. The molecule has 9 heteroatoms. The fourth-order valence-corrected chi connectivity index (χ4v) is 6.37. The Morgan fingerprint density at radius 3 is 2.73 bits per heavy atom. The van der Waals surface area contributed by atoms with Crippen LogP contribution in [-0.2, 0) is 4.79 Å². The molecule has 0 saturated heterocycles. The van der Waals surface area contributed by atoms with Crippen molar-refractivity contribution in [1.29, 1.82) is 0 Å². The Kier molecular flexibility index (Phi) is 7.79. The first-order valence-corrected chi connectivity index (χ1v) is 13.8. The lowest BCUT2D eigenvalue weighted by Gasteiger charge is -2.40. The van der Waals surface area contributed by atoms with Gasteiger partial charge in [-0.05, 0) is 48.5 Å². The number of halogens is 1. The van der Waals surface area contributed by atoms with Gasteiger partial charge in [-0.15, -0.1) is 23.5 Å². The van der Waals surface area contributed by atoms with Crippen LogP contribution in [0.1, 0.15) is 0 Å². The number of carbonyl (C=O) groups excluding carboxylic acids is 2. The largest absolute Gasteiger partial charge is 0.495 e. The number of benzene rings is 3. The van der Waals surface area contributed by atoms with Gasteiger partial charge >= 0.3 is 6.03 Å². The molecule has 3 aromatic carbocycles. The molecule has 2 atom stereocenters. The van der Waals surface area contributed by atoms with E-state index < -0.39 is 0 Å². The maximum atomic E-state index is 13.5. The molecule has 2 N–H and O–H groups in total. The van der Waals surface area contributed by atoms with Crippen molar-refractivity contribution in [2.45, 2.75) is 21.1 Å². The highest BCUT2D eigenvalue weighted by atomic mass is 35.5. The summed E-state index contributed by atoms with van der Waals surface area (Å²) >= 11 is 9.19. The molecule has 0 fully saturated rings. The minimum atomic E-state index is -0.198. The molecule has 0 aromatic heterocycles. The molecule has 3 aromatic rings. The van der Waals surface area contributed by atoms with Crippen LogP contribution < -0.4 is 20.3 Å². The quantitative estimate of drug-likeness (QED) is 0.321. The summed E-state index contributed by atoms with van der Waals surface area (Å²) in [4.78, 5) is 29.8. The highest BCUT2D eigenvalue weighted by Gasteiger charge is 2.36. The lowest BCUT2D eigenvalue weighted by atomic mass is 10.1. The summed E-state index contributed by atoms with van der Waals surface area (Å²) in [5.74, 6) is 0.534. The first-order valence-electron chi connectivity index (χ1n) is 11.6. The van der Waals surface area contributed by atoms with E-state index >= 15 is 0 Å². The van der Waals surface area contributed by atoms with E-state index in [0.29, 0.717) is 22.1 Å². The van der Waals surface area contributed by atoms with E-state index in [1.165, 1.54) is 18.9 Å². The number of allylic oxidation sites excluding steroid dienone is 2. The van der Waals surface area contributed by atoms with Gasteiger partial charge in [0, 0.05) is 20.5 Å². The lowest BCUT2D eigenvalue weighted by molar-refractivity contribution is -0.113. The van der Waals surface area contributed by atoms with Crippen molar-refractivity contribution in [2.75, 3.05) is 28.4 Å². The van der Waals surface area contributed by atoms with E-state index in [9.17, 15) is 9.59 Å². The van der Waals surface area contributed by atoms with Gasteiger partial charge in [0.2, 0.25) is 5.91 Å². The van der Waals surface area contributed by atoms with E-state index in [2.05, 4.69) is 22.8 Å². The van der Waals surface area contributed by atoms with Gasteiger partial charge in [-0.1, -0.05) is 54.1 Å². The smallest absolute Gasteiger partial charge is 0.326 e. The number of methoxy groups -OCH3 is 1. The van der Waals surface area contributed by atoms with Crippen LogP contribution in [0.3, 0.4) is 0 Å². The second-order valence-electron chi connectivity index (χ2n) is 8.32. The van der Waals surface area contributed by atoms with Crippen molar-refractivity contribution < 1.29 is 14.3 Å². The Morgan fingerprint density at radius 1 is 1.03 bits per heavy atom. The van der Waals surface area contributed by atoms with Crippen molar-refractivity contribution in [2.24, 2.45) is 0 Å².